The van der Waals surface area contributed by atoms with E-state index in [0.717, 1.165) is 12.1 Å². The van der Waals surface area contributed by atoms with Crippen LogP contribution in [0, 0.1) is 0 Å². The second-order valence-corrected chi connectivity index (χ2v) is 6.22. The van der Waals surface area contributed by atoms with Crippen LogP contribution in [0.5, 0.6) is 5.88 Å². The third kappa shape index (κ3) is 3.75. The zero-order valence-electron chi connectivity index (χ0n) is 14.7. The first-order valence-corrected chi connectivity index (χ1v) is 8.44. The van der Waals surface area contributed by atoms with Gasteiger partial charge in [0.2, 0.25) is 5.88 Å². The number of nitrogens with one attached hydrogen (secondary N) is 1. The molecule has 0 atom stereocenters. The van der Waals surface area contributed by atoms with Crippen LogP contribution in [-0.2, 0) is 6.18 Å². The van der Waals surface area contributed by atoms with Gasteiger partial charge in [0.05, 0.1) is 11.3 Å². The molecular weight excluding hydrogens is 385 g/mol. The number of nitrogens with zero attached hydrogens (tertiary/aromatic N) is 3. The van der Waals surface area contributed by atoms with E-state index in [1.807, 2.05) is 0 Å². The van der Waals surface area contributed by atoms with Crippen LogP contribution in [0.15, 0.2) is 66.9 Å². The highest BCUT2D eigenvalue weighted by molar-refractivity contribution is 6.04. The van der Waals surface area contributed by atoms with Gasteiger partial charge < -0.3 is 10.4 Å². The number of benzene rings is 2. The Morgan fingerprint density at radius 3 is 2.62 bits per heavy atom. The summed E-state index contributed by atoms with van der Waals surface area (Å²) in [5, 5.41) is 16.2. The van der Waals surface area contributed by atoms with Crippen molar-refractivity contribution in [3.05, 3.63) is 78.0 Å². The minimum absolute atomic E-state index is 0.103. The molecule has 2 N–H and O–H groups in total. The first-order chi connectivity index (χ1) is 13.8. The number of aromatic nitrogens is 3. The van der Waals surface area contributed by atoms with Crippen molar-refractivity contribution in [3.8, 4) is 17.1 Å². The van der Waals surface area contributed by atoms with E-state index in [4.69, 9.17) is 0 Å². The van der Waals surface area contributed by atoms with E-state index in [-0.39, 0.29) is 11.4 Å². The van der Waals surface area contributed by atoms with Gasteiger partial charge in [-0.3, -0.25) is 4.79 Å². The Bertz CT molecular complexity index is 1220. The molecule has 0 saturated heterocycles. The minimum atomic E-state index is -4.53. The first-order valence-electron chi connectivity index (χ1n) is 8.44. The van der Waals surface area contributed by atoms with Crippen LogP contribution in [0.1, 0.15) is 15.9 Å². The Hall–Kier alpha value is -3.88. The molecule has 0 aliphatic heterocycles. The molecule has 146 valence electrons. The lowest BCUT2D eigenvalue weighted by Crippen LogP contribution is -2.14. The lowest BCUT2D eigenvalue weighted by molar-refractivity contribution is -0.137. The van der Waals surface area contributed by atoms with Gasteiger partial charge in [-0.1, -0.05) is 18.2 Å². The zero-order chi connectivity index (χ0) is 20.6. The Balaban J connectivity index is 1.64. The summed E-state index contributed by atoms with van der Waals surface area (Å²) in [6.45, 7) is 0. The predicted octanol–water partition coefficient (Wildman–Crippen LogP) is 4.37. The van der Waals surface area contributed by atoms with Gasteiger partial charge in [0.25, 0.3) is 5.91 Å². The Morgan fingerprint density at radius 1 is 1.03 bits per heavy atom. The van der Waals surface area contributed by atoms with E-state index in [1.54, 1.807) is 36.5 Å². The van der Waals surface area contributed by atoms with Crippen molar-refractivity contribution in [2.75, 3.05) is 5.32 Å². The first kappa shape index (κ1) is 18.5. The van der Waals surface area contributed by atoms with Crippen molar-refractivity contribution in [1.82, 2.24) is 14.6 Å². The van der Waals surface area contributed by atoms with Crippen LogP contribution >= 0.6 is 0 Å². The third-order valence-corrected chi connectivity index (χ3v) is 4.21. The Labute approximate surface area is 162 Å². The van der Waals surface area contributed by atoms with E-state index in [9.17, 15) is 23.1 Å². The van der Waals surface area contributed by atoms with E-state index >= 15 is 0 Å². The number of anilines is 1. The molecule has 9 heteroatoms. The van der Waals surface area contributed by atoms with Crippen molar-refractivity contribution in [3.63, 3.8) is 0 Å². The van der Waals surface area contributed by atoms with Crippen molar-refractivity contribution in [1.29, 1.82) is 0 Å². The molecule has 4 rings (SSSR count). The summed E-state index contributed by atoms with van der Waals surface area (Å²) in [7, 11) is 0. The van der Waals surface area contributed by atoms with Crippen molar-refractivity contribution in [2.45, 2.75) is 6.18 Å². The number of carbonyl (C=O) groups is 1. The normalized spacial score (nSPS) is 11.6. The molecular formula is C20H13F3N4O2. The molecule has 0 unspecified atom stereocenters. The maximum absolute atomic E-state index is 12.9. The summed E-state index contributed by atoms with van der Waals surface area (Å²) in [5.74, 6) is -0.844. The number of carbonyl (C=O) groups excluding carboxylic acids is 1. The van der Waals surface area contributed by atoms with Crippen LogP contribution in [-0.4, -0.2) is 25.6 Å². The fraction of sp³-hybridized carbons (Fsp3) is 0.0500. The number of aromatic hydroxyl groups is 1. The number of hydrogen-bond donors (Lipinski definition) is 2. The highest BCUT2D eigenvalue weighted by Gasteiger charge is 2.30. The molecule has 1 amide bonds. The Kier molecular flexibility index (Phi) is 4.42. The smallest absolute Gasteiger partial charge is 0.416 e. The van der Waals surface area contributed by atoms with Gasteiger partial charge in [-0.2, -0.15) is 13.2 Å². The van der Waals surface area contributed by atoms with Crippen LogP contribution in [0.3, 0.4) is 0 Å². The molecule has 0 fully saturated rings. The molecule has 0 bridgehead atoms. The second kappa shape index (κ2) is 6.93. The topological polar surface area (TPSA) is 79.5 Å². The summed E-state index contributed by atoms with van der Waals surface area (Å²) in [6.07, 6.45) is -2.97. The van der Waals surface area contributed by atoms with Crippen LogP contribution in [0.4, 0.5) is 18.9 Å². The summed E-state index contributed by atoms with van der Waals surface area (Å²) >= 11 is 0. The number of fused-ring (bicyclic) bond motifs is 1. The lowest BCUT2D eigenvalue weighted by Gasteiger charge is -2.10. The van der Waals surface area contributed by atoms with Crippen LogP contribution in [0.2, 0.25) is 0 Å². The highest BCUT2D eigenvalue weighted by Crippen LogP contribution is 2.30. The summed E-state index contributed by atoms with van der Waals surface area (Å²) in [6, 6.07) is 14.0. The van der Waals surface area contributed by atoms with E-state index in [0.29, 0.717) is 22.6 Å². The molecule has 4 aromatic rings. The van der Waals surface area contributed by atoms with Gasteiger partial charge in [-0.15, -0.1) is 5.10 Å². The lowest BCUT2D eigenvalue weighted by atomic mass is 10.1. The highest BCUT2D eigenvalue weighted by atomic mass is 19.4. The summed E-state index contributed by atoms with van der Waals surface area (Å²) in [4.78, 5) is 16.5. The number of halogens is 3. The monoisotopic (exact) mass is 398 g/mol. The van der Waals surface area contributed by atoms with Gasteiger partial charge in [-0.25, -0.2) is 9.50 Å². The number of hydrogen-bond acceptors (Lipinski definition) is 4. The van der Waals surface area contributed by atoms with E-state index in [1.165, 1.54) is 22.7 Å². The number of amides is 1. The fourth-order valence-corrected chi connectivity index (χ4v) is 2.90. The van der Waals surface area contributed by atoms with Gasteiger partial charge >= 0.3 is 6.18 Å². The quantitative estimate of drug-likeness (QED) is 0.537. The SMILES string of the molecule is O=C(Nc1cccc(-c2ccnc3cc(O)nn23)c1)c1cccc(C(F)(F)F)c1. The molecule has 29 heavy (non-hydrogen) atoms. The van der Waals surface area contributed by atoms with Crippen molar-refractivity contribution in [2.24, 2.45) is 0 Å². The molecule has 2 aromatic heterocycles. The molecule has 0 radical (unpaired) electrons. The largest absolute Gasteiger partial charge is 0.492 e. The third-order valence-electron chi connectivity index (χ3n) is 4.21. The molecule has 2 heterocycles. The average molecular weight is 398 g/mol. The fourth-order valence-electron chi connectivity index (χ4n) is 2.90. The standard InChI is InChI=1S/C20H13F3N4O2/c21-20(22,23)14-5-1-4-13(9-14)19(29)25-15-6-2-3-12(10-15)16-7-8-24-17-11-18(28)26-27(16)17/h1-11H,(H,25,29)(H,26,28). The van der Waals surface area contributed by atoms with Gasteiger partial charge in [0.15, 0.2) is 5.65 Å². The van der Waals surface area contributed by atoms with Crippen LogP contribution in [0.25, 0.3) is 16.9 Å². The summed E-state index contributed by atoms with van der Waals surface area (Å²) in [5.41, 5.74) is 1.13. The van der Waals surface area contributed by atoms with Gasteiger partial charge in [0.1, 0.15) is 0 Å². The molecule has 0 spiro atoms. The zero-order valence-corrected chi connectivity index (χ0v) is 14.7. The minimum Gasteiger partial charge on any atom is -0.492 e. The van der Waals surface area contributed by atoms with Crippen molar-refractivity contribution >= 4 is 17.2 Å². The molecule has 2 aromatic carbocycles. The molecule has 0 aliphatic rings. The summed E-state index contributed by atoms with van der Waals surface area (Å²) < 4.78 is 40.0. The van der Waals surface area contributed by atoms with E-state index in [2.05, 4.69) is 15.4 Å². The van der Waals surface area contributed by atoms with Gasteiger partial charge in [-0.05, 0) is 36.4 Å². The molecule has 0 aliphatic carbocycles. The maximum Gasteiger partial charge on any atom is 0.416 e. The van der Waals surface area contributed by atoms with Crippen LogP contribution < -0.4 is 5.32 Å². The maximum atomic E-state index is 12.9. The van der Waals surface area contributed by atoms with Gasteiger partial charge in [0, 0.05) is 29.1 Å². The van der Waals surface area contributed by atoms with E-state index < -0.39 is 17.6 Å². The Morgan fingerprint density at radius 2 is 1.83 bits per heavy atom. The number of rotatable bonds is 3. The van der Waals surface area contributed by atoms with Crippen molar-refractivity contribution < 1.29 is 23.1 Å². The predicted molar refractivity (Wildman–Crippen MR) is 99.5 cm³/mol. The second-order valence-electron chi connectivity index (χ2n) is 6.22. The molecule has 6 nitrogen and oxygen atoms in total. The average Bonchev–Trinajstić information content (AvgIpc) is 3.07. The number of alkyl halides is 3. The molecule has 0 saturated carbocycles.